The highest BCUT2D eigenvalue weighted by Crippen LogP contribution is 2.16. The molecule has 5 heteroatoms. The zero-order valence-electron chi connectivity index (χ0n) is 13.7. The number of methoxy groups -OCH3 is 1. The molecule has 1 heterocycles. The Kier molecular flexibility index (Phi) is 5.51. The molecule has 0 aliphatic carbocycles. The number of nitrogens with zero attached hydrogens (tertiary/aromatic N) is 1. The third-order valence-corrected chi connectivity index (χ3v) is 4.52. The lowest BCUT2D eigenvalue weighted by Gasteiger charge is -2.38. The van der Waals surface area contributed by atoms with E-state index in [2.05, 4.69) is 16.3 Å². The average Bonchev–Trinajstić information content (AvgIpc) is 2.56. The van der Waals surface area contributed by atoms with E-state index in [-0.39, 0.29) is 5.91 Å². The van der Waals surface area contributed by atoms with E-state index in [1.165, 1.54) is 5.56 Å². The van der Waals surface area contributed by atoms with E-state index in [0.29, 0.717) is 16.7 Å². The number of rotatable bonds is 6. The van der Waals surface area contributed by atoms with Gasteiger partial charge in [-0.15, -0.1) is 0 Å². The molecule has 0 unspecified atom stereocenters. The second-order valence-corrected chi connectivity index (χ2v) is 6.47. The Morgan fingerprint density at radius 2 is 2.00 bits per heavy atom. The summed E-state index contributed by atoms with van der Waals surface area (Å²) in [4.78, 5) is 14.7. The van der Waals surface area contributed by atoms with Crippen LogP contribution >= 0.6 is 11.6 Å². The van der Waals surface area contributed by atoms with Gasteiger partial charge in [-0.25, -0.2) is 0 Å². The minimum Gasteiger partial charge on any atom is -0.379 e. The summed E-state index contributed by atoms with van der Waals surface area (Å²) in [5.74, 6) is -0.109. The molecule has 3 rings (SSSR count). The van der Waals surface area contributed by atoms with Gasteiger partial charge in [-0.05, 0) is 48.4 Å². The maximum Gasteiger partial charge on any atom is 0.255 e. The maximum absolute atomic E-state index is 12.4. The highest BCUT2D eigenvalue weighted by molar-refractivity contribution is 6.30. The number of halogens is 1. The van der Waals surface area contributed by atoms with Gasteiger partial charge in [-0.3, -0.25) is 9.69 Å². The van der Waals surface area contributed by atoms with E-state index in [0.717, 1.165) is 31.7 Å². The topological polar surface area (TPSA) is 41.6 Å². The van der Waals surface area contributed by atoms with Crippen molar-refractivity contribution in [3.05, 3.63) is 64.7 Å². The first kappa shape index (κ1) is 17.0. The van der Waals surface area contributed by atoms with Crippen molar-refractivity contribution < 1.29 is 9.53 Å². The highest BCUT2D eigenvalue weighted by Gasteiger charge is 2.25. The third-order valence-electron chi connectivity index (χ3n) is 4.26. The van der Waals surface area contributed by atoms with Crippen molar-refractivity contribution in [1.29, 1.82) is 0 Å². The minimum absolute atomic E-state index is 0.109. The Labute approximate surface area is 147 Å². The van der Waals surface area contributed by atoms with Gasteiger partial charge in [0.1, 0.15) is 0 Å². The lowest BCUT2D eigenvalue weighted by atomic mass is 10.1. The van der Waals surface area contributed by atoms with Gasteiger partial charge < -0.3 is 10.1 Å². The third kappa shape index (κ3) is 4.35. The van der Waals surface area contributed by atoms with Crippen LogP contribution in [-0.4, -0.2) is 43.7 Å². The summed E-state index contributed by atoms with van der Waals surface area (Å²) >= 11 is 5.86. The second-order valence-electron chi connectivity index (χ2n) is 6.03. The van der Waals surface area contributed by atoms with Gasteiger partial charge >= 0.3 is 0 Å². The van der Waals surface area contributed by atoms with Gasteiger partial charge in [-0.1, -0.05) is 23.7 Å². The first-order valence-electron chi connectivity index (χ1n) is 8.05. The quantitative estimate of drug-likeness (QED) is 0.872. The molecule has 4 nitrogen and oxygen atoms in total. The SMILES string of the molecule is COC1CN(CCc2cccc(C(=O)Nc3ccc(Cl)cc3)c2)C1. The zero-order valence-corrected chi connectivity index (χ0v) is 14.4. The number of ether oxygens (including phenoxy) is 1. The molecular formula is C19H21ClN2O2. The predicted molar refractivity (Wildman–Crippen MR) is 96.8 cm³/mol. The number of hydrogen-bond acceptors (Lipinski definition) is 3. The van der Waals surface area contributed by atoms with Crippen LogP contribution in [0, 0.1) is 0 Å². The standard InChI is InChI=1S/C19H21ClN2O2/c1-24-18-12-22(13-18)10-9-14-3-2-4-15(11-14)19(23)21-17-7-5-16(20)6-8-17/h2-8,11,18H,9-10,12-13H2,1H3,(H,21,23). The Hall–Kier alpha value is -1.88. The molecule has 0 radical (unpaired) electrons. The van der Waals surface area contributed by atoms with Crippen molar-refractivity contribution in [2.45, 2.75) is 12.5 Å². The molecule has 1 amide bonds. The van der Waals surface area contributed by atoms with Crippen LogP contribution in [0.3, 0.4) is 0 Å². The number of anilines is 1. The number of likely N-dealkylation sites (tertiary alicyclic amines) is 1. The largest absolute Gasteiger partial charge is 0.379 e. The molecule has 24 heavy (non-hydrogen) atoms. The fourth-order valence-corrected chi connectivity index (χ4v) is 2.87. The number of nitrogens with one attached hydrogen (secondary N) is 1. The Balaban J connectivity index is 1.56. The highest BCUT2D eigenvalue weighted by atomic mass is 35.5. The summed E-state index contributed by atoms with van der Waals surface area (Å²) in [6.45, 7) is 2.97. The molecule has 0 atom stereocenters. The molecule has 2 aromatic carbocycles. The maximum atomic E-state index is 12.4. The van der Waals surface area contributed by atoms with Crippen LogP contribution < -0.4 is 5.32 Å². The fraction of sp³-hybridized carbons (Fsp3) is 0.316. The average molecular weight is 345 g/mol. The van der Waals surface area contributed by atoms with Gasteiger partial charge in [0.2, 0.25) is 0 Å². The van der Waals surface area contributed by atoms with E-state index in [1.807, 2.05) is 18.2 Å². The molecule has 2 aromatic rings. The molecule has 0 bridgehead atoms. The van der Waals surface area contributed by atoms with Crippen molar-refractivity contribution in [2.75, 3.05) is 32.1 Å². The van der Waals surface area contributed by atoms with E-state index < -0.39 is 0 Å². The predicted octanol–water partition coefficient (Wildman–Crippen LogP) is 3.47. The Morgan fingerprint density at radius 1 is 1.25 bits per heavy atom. The van der Waals surface area contributed by atoms with Crippen molar-refractivity contribution in [1.82, 2.24) is 4.90 Å². The fourth-order valence-electron chi connectivity index (χ4n) is 2.75. The normalized spacial score (nSPS) is 15.1. The summed E-state index contributed by atoms with van der Waals surface area (Å²) in [6, 6.07) is 14.9. The van der Waals surface area contributed by atoms with Gasteiger partial charge in [0.05, 0.1) is 6.10 Å². The molecule has 0 saturated carbocycles. The van der Waals surface area contributed by atoms with Crippen LogP contribution in [0.25, 0.3) is 0 Å². The molecule has 1 N–H and O–H groups in total. The molecule has 0 aromatic heterocycles. The molecular weight excluding hydrogens is 324 g/mol. The van der Waals surface area contributed by atoms with Crippen LogP contribution in [0.5, 0.6) is 0 Å². The first-order valence-corrected chi connectivity index (χ1v) is 8.43. The van der Waals surface area contributed by atoms with Crippen LogP contribution in [0.4, 0.5) is 5.69 Å². The number of carbonyl (C=O) groups is 1. The summed E-state index contributed by atoms with van der Waals surface area (Å²) < 4.78 is 5.28. The summed E-state index contributed by atoms with van der Waals surface area (Å²) in [6.07, 6.45) is 1.31. The van der Waals surface area contributed by atoms with Crippen LogP contribution in [0.15, 0.2) is 48.5 Å². The summed E-state index contributed by atoms with van der Waals surface area (Å²) in [5, 5.41) is 3.54. The van der Waals surface area contributed by atoms with Crippen molar-refractivity contribution in [3.8, 4) is 0 Å². The number of hydrogen-bond donors (Lipinski definition) is 1. The van der Waals surface area contributed by atoms with Gasteiger partial charge in [0.25, 0.3) is 5.91 Å². The Bertz CT molecular complexity index is 697. The van der Waals surface area contributed by atoms with E-state index >= 15 is 0 Å². The van der Waals surface area contributed by atoms with E-state index in [1.54, 1.807) is 31.4 Å². The molecule has 126 valence electrons. The molecule has 1 aliphatic heterocycles. The van der Waals surface area contributed by atoms with Crippen molar-refractivity contribution in [3.63, 3.8) is 0 Å². The van der Waals surface area contributed by atoms with Gasteiger partial charge in [-0.2, -0.15) is 0 Å². The summed E-state index contributed by atoms with van der Waals surface area (Å²) in [5.41, 5.74) is 2.57. The lowest BCUT2D eigenvalue weighted by molar-refractivity contribution is -0.0284. The molecule has 1 saturated heterocycles. The van der Waals surface area contributed by atoms with Crippen molar-refractivity contribution >= 4 is 23.2 Å². The number of benzene rings is 2. The molecule has 1 aliphatic rings. The monoisotopic (exact) mass is 344 g/mol. The number of amides is 1. The van der Waals surface area contributed by atoms with E-state index in [4.69, 9.17) is 16.3 Å². The first-order chi connectivity index (χ1) is 11.6. The van der Waals surface area contributed by atoms with Gasteiger partial charge in [0, 0.05) is 43.0 Å². The zero-order chi connectivity index (χ0) is 16.9. The smallest absolute Gasteiger partial charge is 0.255 e. The number of carbonyl (C=O) groups excluding carboxylic acids is 1. The van der Waals surface area contributed by atoms with Crippen LogP contribution in [-0.2, 0) is 11.2 Å². The summed E-state index contributed by atoms with van der Waals surface area (Å²) in [7, 11) is 1.75. The molecule has 1 fully saturated rings. The second kappa shape index (κ2) is 7.79. The van der Waals surface area contributed by atoms with Crippen molar-refractivity contribution in [2.24, 2.45) is 0 Å². The van der Waals surface area contributed by atoms with Gasteiger partial charge in [0.15, 0.2) is 0 Å². The van der Waals surface area contributed by atoms with Crippen LogP contribution in [0.1, 0.15) is 15.9 Å². The lowest BCUT2D eigenvalue weighted by Crippen LogP contribution is -2.52. The molecule has 0 spiro atoms. The van der Waals surface area contributed by atoms with Crippen LogP contribution in [0.2, 0.25) is 5.02 Å². The Morgan fingerprint density at radius 3 is 2.71 bits per heavy atom. The minimum atomic E-state index is -0.109. The van der Waals surface area contributed by atoms with E-state index in [9.17, 15) is 4.79 Å².